The number of hydrogen-bond acceptors (Lipinski definition) is 4. The van der Waals surface area contributed by atoms with Gasteiger partial charge in [-0.1, -0.05) is 20.8 Å². The molecule has 0 unspecified atom stereocenters. The summed E-state index contributed by atoms with van der Waals surface area (Å²) in [6, 6.07) is -1.47. The van der Waals surface area contributed by atoms with Crippen LogP contribution in [0, 0.1) is 5.41 Å². The van der Waals surface area contributed by atoms with Crippen molar-refractivity contribution in [2.45, 2.75) is 45.5 Å². The molecule has 8 heteroatoms. The van der Waals surface area contributed by atoms with Crippen molar-refractivity contribution in [3.05, 3.63) is 0 Å². The summed E-state index contributed by atoms with van der Waals surface area (Å²) in [5, 5.41) is 12.0. The number of carbonyl (C=O) groups is 1. The minimum Gasteiger partial charge on any atom is -0.394 e. The number of nitrogens with one attached hydrogen (secondary N) is 1. The van der Waals surface area contributed by atoms with Crippen LogP contribution in [0.4, 0.5) is 13.2 Å². The maximum atomic E-state index is 12.6. The Morgan fingerprint density at radius 1 is 1.41 bits per heavy atom. The van der Waals surface area contributed by atoms with E-state index in [1.165, 1.54) is 0 Å². The summed E-state index contributed by atoms with van der Waals surface area (Å²) in [7, 11) is 0. The summed E-state index contributed by atoms with van der Waals surface area (Å²) in [5.41, 5.74) is -0.116. The van der Waals surface area contributed by atoms with Gasteiger partial charge in [0.2, 0.25) is 5.91 Å². The predicted molar refractivity (Wildman–Crippen MR) is 75.3 cm³/mol. The van der Waals surface area contributed by atoms with Crippen molar-refractivity contribution in [2.24, 2.45) is 5.41 Å². The van der Waals surface area contributed by atoms with E-state index in [0.717, 1.165) is 4.90 Å². The van der Waals surface area contributed by atoms with E-state index >= 15 is 0 Å². The first-order valence-corrected chi connectivity index (χ1v) is 7.31. The van der Waals surface area contributed by atoms with Gasteiger partial charge in [0.15, 0.2) is 0 Å². The minimum atomic E-state index is -4.36. The van der Waals surface area contributed by atoms with Gasteiger partial charge in [-0.15, -0.1) is 0 Å². The second-order valence-electron chi connectivity index (χ2n) is 6.83. The third kappa shape index (κ3) is 6.93. The number of alkyl halides is 3. The molecule has 0 bridgehead atoms. The molecule has 0 aromatic heterocycles. The van der Waals surface area contributed by atoms with Crippen molar-refractivity contribution in [3.63, 3.8) is 0 Å². The van der Waals surface area contributed by atoms with Gasteiger partial charge >= 0.3 is 6.18 Å². The fraction of sp³-hybridized carbons (Fsp3) is 0.929. The zero-order chi connectivity index (χ0) is 17.0. The lowest BCUT2D eigenvalue weighted by Crippen LogP contribution is -2.58. The summed E-state index contributed by atoms with van der Waals surface area (Å²) in [5.74, 6) is -0.535. The van der Waals surface area contributed by atoms with Crippen molar-refractivity contribution < 1.29 is 27.8 Å². The molecule has 0 saturated carbocycles. The highest BCUT2D eigenvalue weighted by atomic mass is 19.4. The Hall–Kier alpha value is -0.860. The molecule has 0 spiro atoms. The third-order valence-corrected chi connectivity index (χ3v) is 3.35. The van der Waals surface area contributed by atoms with E-state index in [9.17, 15) is 23.1 Å². The number of aliphatic hydroxyl groups is 1. The quantitative estimate of drug-likeness (QED) is 0.796. The molecule has 0 aromatic rings. The number of aliphatic hydroxyl groups excluding tert-OH is 1. The van der Waals surface area contributed by atoms with Crippen LogP contribution in [0.5, 0.6) is 0 Å². The van der Waals surface area contributed by atoms with Crippen LogP contribution in [0.15, 0.2) is 0 Å². The first-order valence-electron chi connectivity index (χ1n) is 7.31. The highest BCUT2D eigenvalue weighted by molar-refractivity contribution is 5.82. The van der Waals surface area contributed by atoms with Crippen LogP contribution in [-0.4, -0.2) is 67.1 Å². The zero-order valence-electron chi connectivity index (χ0n) is 13.2. The van der Waals surface area contributed by atoms with Crippen molar-refractivity contribution in [3.8, 4) is 0 Å². The van der Waals surface area contributed by atoms with Crippen LogP contribution in [0.2, 0.25) is 0 Å². The molecule has 1 rings (SSSR count). The maximum Gasteiger partial charge on any atom is 0.401 e. The number of ether oxygens (including phenoxy) is 1. The molecule has 0 radical (unpaired) electrons. The molecule has 0 aliphatic carbocycles. The summed E-state index contributed by atoms with van der Waals surface area (Å²) >= 11 is 0. The fourth-order valence-corrected chi connectivity index (χ4v) is 2.50. The smallest absolute Gasteiger partial charge is 0.394 e. The Kier molecular flexibility index (Phi) is 6.64. The lowest BCUT2D eigenvalue weighted by Gasteiger charge is -2.36. The van der Waals surface area contributed by atoms with Crippen LogP contribution < -0.4 is 5.32 Å². The van der Waals surface area contributed by atoms with E-state index in [1.807, 2.05) is 20.8 Å². The fourth-order valence-electron chi connectivity index (χ4n) is 2.50. The molecule has 130 valence electrons. The molecule has 0 aromatic carbocycles. The second kappa shape index (κ2) is 7.61. The molecule has 1 fully saturated rings. The van der Waals surface area contributed by atoms with Gasteiger partial charge in [-0.2, -0.15) is 13.2 Å². The second-order valence-corrected chi connectivity index (χ2v) is 6.83. The normalized spacial score (nSPS) is 22.4. The van der Waals surface area contributed by atoms with E-state index < -0.39 is 30.7 Å². The SMILES string of the molecule is CC(C)(C)C[C@H](CO)NC(=O)[C@@H]1COCCN1CC(F)(F)F. The van der Waals surface area contributed by atoms with Crippen molar-refractivity contribution in [2.75, 3.05) is 32.9 Å². The van der Waals surface area contributed by atoms with E-state index in [1.54, 1.807) is 0 Å². The topological polar surface area (TPSA) is 61.8 Å². The van der Waals surface area contributed by atoms with Crippen LogP contribution >= 0.6 is 0 Å². The van der Waals surface area contributed by atoms with Gasteiger partial charge in [0, 0.05) is 6.54 Å². The highest BCUT2D eigenvalue weighted by Gasteiger charge is 2.38. The number of morpholine rings is 1. The first-order chi connectivity index (χ1) is 10.0. The van der Waals surface area contributed by atoms with Crippen molar-refractivity contribution in [1.82, 2.24) is 10.2 Å². The molecule has 5 nitrogen and oxygen atoms in total. The molecule has 1 heterocycles. The summed E-state index contributed by atoms with van der Waals surface area (Å²) < 4.78 is 42.9. The Bertz CT molecular complexity index is 369. The molecule has 1 aliphatic rings. The molecule has 2 N–H and O–H groups in total. The van der Waals surface area contributed by atoms with E-state index in [2.05, 4.69) is 5.32 Å². The lowest BCUT2D eigenvalue weighted by molar-refractivity contribution is -0.167. The zero-order valence-corrected chi connectivity index (χ0v) is 13.2. The predicted octanol–water partition coefficient (Wildman–Crippen LogP) is 1.16. The summed E-state index contributed by atoms with van der Waals surface area (Å²) in [6.07, 6.45) is -3.83. The molecule has 2 atom stereocenters. The molecular weight excluding hydrogens is 301 g/mol. The molecule has 1 saturated heterocycles. The van der Waals surface area contributed by atoms with Gasteiger partial charge < -0.3 is 15.2 Å². The maximum absolute atomic E-state index is 12.6. The number of amides is 1. The average molecular weight is 326 g/mol. The molecule has 1 amide bonds. The molecule has 1 aliphatic heterocycles. The Morgan fingerprint density at radius 2 is 2.05 bits per heavy atom. The van der Waals surface area contributed by atoms with Gasteiger partial charge in [-0.05, 0) is 11.8 Å². The largest absolute Gasteiger partial charge is 0.401 e. The number of rotatable bonds is 5. The van der Waals surface area contributed by atoms with Crippen LogP contribution in [-0.2, 0) is 9.53 Å². The van der Waals surface area contributed by atoms with Crippen LogP contribution in [0.25, 0.3) is 0 Å². The van der Waals surface area contributed by atoms with Crippen LogP contribution in [0.1, 0.15) is 27.2 Å². The monoisotopic (exact) mass is 326 g/mol. The standard InChI is InChI=1S/C14H25F3N2O3/c1-13(2,3)6-10(7-20)18-12(21)11-8-22-5-4-19(11)9-14(15,16)17/h10-11,20H,4-9H2,1-3H3,(H,18,21)/t10-,11+/m1/s1. The van der Waals surface area contributed by atoms with E-state index in [0.29, 0.717) is 6.42 Å². The van der Waals surface area contributed by atoms with Gasteiger partial charge in [0.25, 0.3) is 0 Å². The Balaban J connectivity index is 2.67. The number of carbonyl (C=O) groups excluding carboxylic acids is 1. The highest BCUT2D eigenvalue weighted by Crippen LogP contribution is 2.22. The van der Waals surface area contributed by atoms with Gasteiger partial charge in [0.1, 0.15) is 6.04 Å². The van der Waals surface area contributed by atoms with Crippen molar-refractivity contribution >= 4 is 5.91 Å². The van der Waals surface area contributed by atoms with E-state index in [4.69, 9.17) is 4.74 Å². The minimum absolute atomic E-state index is 0.0562. The summed E-state index contributed by atoms with van der Waals surface area (Å²) in [6.45, 7) is 4.64. The Labute approximate surface area is 128 Å². The Morgan fingerprint density at radius 3 is 2.55 bits per heavy atom. The molecule has 22 heavy (non-hydrogen) atoms. The number of nitrogens with zero attached hydrogens (tertiary/aromatic N) is 1. The van der Waals surface area contributed by atoms with Gasteiger partial charge in [0.05, 0.1) is 32.4 Å². The summed E-state index contributed by atoms with van der Waals surface area (Å²) in [4.78, 5) is 13.3. The average Bonchev–Trinajstić information content (AvgIpc) is 2.34. The molecular formula is C14H25F3N2O3. The lowest BCUT2D eigenvalue weighted by atomic mass is 9.88. The number of hydrogen-bond donors (Lipinski definition) is 2. The number of halogens is 3. The first kappa shape index (κ1) is 19.2. The third-order valence-electron chi connectivity index (χ3n) is 3.35. The van der Waals surface area contributed by atoms with E-state index in [-0.39, 0.29) is 31.8 Å². The van der Waals surface area contributed by atoms with Crippen LogP contribution in [0.3, 0.4) is 0 Å². The van der Waals surface area contributed by atoms with Crippen molar-refractivity contribution in [1.29, 1.82) is 0 Å². The van der Waals surface area contributed by atoms with Gasteiger partial charge in [-0.3, -0.25) is 9.69 Å². The van der Waals surface area contributed by atoms with Gasteiger partial charge in [-0.25, -0.2) is 0 Å².